The van der Waals surface area contributed by atoms with Gasteiger partial charge in [-0.15, -0.1) is 0 Å². The van der Waals surface area contributed by atoms with Crippen molar-refractivity contribution in [3.63, 3.8) is 0 Å². The molecule has 0 unspecified atom stereocenters. The molecule has 2 N–H and O–H groups in total. The number of fused-ring (bicyclic) bond motifs is 3. The largest absolute Gasteiger partial charge is 0.491 e. The fourth-order valence-electron chi connectivity index (χ4n) is 8.63. The average molecular weight is 603 g/mol. The highest BCUT2D eigenvalue weighted by Crippen LogP contribution is 2.57. The Labute approximate surface area is 268 Å². The van der Waals surface area contributed by atoms with Crippen LogP contribution >= 0.6 is 0 Å². The second kappa shape index (κ2) is 13.4. The van der Waals surface area contributed by atoms with E-state index in [2.05, 4.69) is 84.9 Å². The molecule has 0 spiro atoms. The molecule has 0 atom stereocenters. The van der Waals surface area contributed by atoms with Crippen molar-refractivity contribution in [2.75, 3.05) is 26.4 Å². The zero-order valence-electron chi connectivity index (χ0n) is 26.3. The van der Waals surface area contributed by atoms with Crippen LogP contribution in [0.15, 0.2) is 84.9 Å². The van der Waals surface area contributed by atoms with E-state index in [1.165, 1.54) is 109 Å². The summed E-state index contributed by atoms with van der Waals surface area (Å²) in [4.78, 5) is 0. The molecule has 4 aromatic rings. The lowest BCUT2D eigenvalue weighted by molar-refractivity contribution is 0.199. The molecule has 7 rings (SSSR count). The molecule has 234 valence electrons. The molecule has 0 aromatic heterocycles. The predicted octanol–water partition coefficient (Wildman–Crippen LogP) is 8.89. The minimum atomic E-state index is -0.509. The van der Waals surface area contributed by atoms with Gasteiger partial charge in [0.05, 0.1) is 18.6 Å². The van der Waals surface area contributed by atoms with E-state index >= 15 is 0 Å². The molecule has 45 heavy (non-hydrogen) atoms. The normalized spacial score (nSPS) is 17.9. The fourth-order valence-corrected chi connectivity index (χ4v) is 8.63. The first-order valence-corrected chi connectivity index (χ1v) is 17.2. The van der Waals surface area contributed by atoms with E-state index < -0.39 is 5.41 Å². The van der Waals surface area contributed by atoms with E-state index in [-0.39, 0.29) is 13.2 Å². The first-order chi connectivity index (χ1) is 22.3. The van der Waals surface area contributed by atoms with Gasteiger partial charge in [-0.1, -0.05) is 111 Å². The van der Waals surface area contributed by atoms with Gasteiger partial charge in [0, 0.05) is 0 Å². The van der Waals surface area contributed by atoms with Gasteiger partial charge < -0.3 is 19.7 Å². The summed E-state index contributed by atoms with van der Waals surface area (Å²) in [6, 6.07) is 31.6. The van der Waals surface area contributed by atoms with Crippen LogP contribution < -0.4 is 9.47 Å². The van der Waals surface area contributed by atoms with Gasteiger partial charge in [-0.25, -0.2) is 0 Å². The molecule has 4 aromatic carbocycles. The van der Waals surface area contributed by atoms with Crippen LogP contribution in [0.2, 0.25) is 0 Å². The van der Waals surface area contributed by atoms with Crippen LogP contribution in [-0.4, -0.2) is 36.6 Å². The fraction of sp³-hybridized carbons (Fsp3) is 0.415. The van der Waals surface area contributed by atoms with E-state index in [0.717, 1.165) is 11.5 Å². The summed E-state index contributed by atoms with van der Waals surface area (Å²) in [5.74, 6) is 2.71. The van der Waals surface area contributed by atoms with E-state index in [9.17, 15) is 10.2 Å². The zero-order valence-corrected chi connectivity index (χ0v) is 26.3. The molecule has 2 saturated carbocycles. The molecular formula is C41H46O4. The summed E-state index contributed by atoms with van der Waals surface area (Å²) in [6.07, 6.45) is 12.2. The van der Waals surface area contributed by atoms with Gasteiger partial charge in [-0.3, -0.25) is 0 Å². The smallest absolute Gasteiger partial charge is 0.122 e. The van der Waals surface area contributed by atoms with Crippen molar-refractivity contribution in [3.05, 3.63) is 118 Å². The highest BCUT2D eigenvalue weighted by atomic mass is 16.5. The Balaban J connectivity index is 1.49. The number of aliphatic hydroxyl groups excluding tert-OH is 2. The topological polar surface area (TPSA) is 58.9 Å². The molecular weight excluding hydrogens is 556 g/mol. The third-order valence-corrected chi connectivity index (χ3v) is 10.6. The Morgan fingerprint density at radius 1 is 0.533 bits per heavy atom. The summed E-state index contributed by atoms with van der Waals surface area (Å²) >= 11 is 0. The van der Waals surface area contributed by atoms with Gasteiger partial charge >= 0.3 is 0 Å². The molecule has 0 amide bonds. The van der Waals surface area contributed by atoms with Crippen molar-refractivity contribution in [1.82, 2.24) is 0 Å². The molecule has 3 aliphatic carbocycles. The minimum absolute atomic E-state index is 0.00515. The van der Waals surface area contributed by atoms with E-state index in [1.54, 1.807) is 0 Å². The van der Waals surface area contributed by atoms with Crippen LogP contribution in [0, 0.1) is 0 Å². The first kappa shape index (κ1) is 30.1. The van der Waals surface area contributed by atoms with Crippen molar-refractivity contribution < 1.29 is 19.7 Å². The quantitative estimate of drug-likeness (QED) is 0.168. The van der Waals surface area contributed by atoms with Crippen molar-refractivity contribution in [3.8, 4) is 22.6 Å². The lowest BCUT2D eigenvalue weighted by Crippen LogP contribution is -2.29. The molecule has 3 aliphatic rings. The Morgan fingerprint density at radius 3 is 1.38 bits per heavy atom. The second-order valence-electron chi connectivity index (χ2n) is 13.2. The summed E-state index contributed by atoms with van der Waals surface area (Å²) in [5, 5.41) is 19.2. The number of hydrogen-bond acceptors (Lipinski definition) is 4. The average Bonchev–Trinajstić information content (AvgIpc) is 3.41. The summed E-state index contributed by atoms with van der Waals surface area (Å²) in [7, 11) is 0. The van der Waals surface area contributed by atoms with Crippen molar-refractivity contribution in [2.45, 2.75) is 81.5 Å². The summed E-state index contributed by atoms with van der Waals surface area (Å²) < 4.78 is 12.4. The highest BCUT2D eigenvalue weighted by Gasteiger charge is 2.46. The minimum Gasteiger partial charge on any atom is -0.491 e. The van der Waals surface area contributed by atoms with Gasteiger partial charge in [0.15, 0.2) is 0 Å². The Morgan fingerprint density at radius 2 is 0.956 bits per heavy atom. The highest BCUT2D eigenvalue weighted by molar-refractivity contribution is 5.86. The SMILES string of the molecule is OCCOc1ccc(C2(c3ccc(OCCO)c(C4CCCCC4)c3)c3ccccc3-c3ccccc32)cc1C1CCCCC1. The molecule has 0 bridgehead atoms. The van der Waals surface area contributed by atoms with Gasteiger partial charge in [0.2, 0.25) is 0 Å². The molecule has 4 nitrogen and oxygen atoms in total. The number of rotatable bonds is 10. The van der Waals surface area contributed by atoms with Crippen LogP contribution in [0.3, 0.4) is 0 Å². The predicted molar refractivity (Wildman–Crippen MR) is 181 cm³/mol. The maximum atomic E-state index is 9.62. The summed E-state index contributed by atoms with van der Waals surface area (Å²) in [5.41, 5.74) is 9.75. The lowest BCUT2D eigenvalue weighted by atomic mass is 9.66. The molecule has 0 saturated heterocycles. The number of aliphatic hydroxyl groups is 2. The monoisotopic (exact) mass is 602 g/mol. The lowest BCUT2D eigenvalue weighted by Gasteiger charge is -2.36. The number of hydrogen-bond donors (Lipinski definition) is 2. The van der Waals surface area contributed by atoms with E-state index in [0.29, 0.717) is 25.0 Å². The third-order valence-electron chi connectivity index (χ3n) is 10.6. The molecule has 0 heterocycles. The standard InChI is InChI=1S/C41H46O4/c42-23-25-44-39-21-19-31(27-35(39)29-11-3-1-4-12-29)41(37-17-9-7-15-33(37)34-16-8-10-18-38(34)41)32-20-22-40(45-26-24-43)36(28-32)30-13-5-2-6-14-30/h7-10,15-22,27-30,42-43H,1-6,11-14,23-26H2. The van der Waals surface area contributed by atoms with E-state index in [1.807, 2.05) is 0 Å². The van der Waals surface area contributed by atoms with Crippen LogP contribution in [0.1, 0.15) is 109 Å². The first-order valence-electron chi connectivity index (χ1n) is 17.2. The Bertz CT molecular complexity index is 1490. The number of benzene rings is 4. The maximum Gasteiger partial charge on any atom is 0.122 e. The Hall–Kier alpha value is -3.60. The molecule has 0 radical (unpaired) electrons. The van der Waals surface area contributed by atoms with Crippen LogP contribution in [0.5, 0.6) is 11.5 Å². The maximum absolute atomic E-state index is 9.62. The summed E-state index contributed by atoms with van der Waals surface area (Å²) in [6.45, 7) is 0.613. The van der Waals surface area contributed by atoms with Gasteiger partial charge in [-0.2, -0.15) is 0 Å². The molecule has 4 heteroatoms. The van der Waals surface area contributed by atoms with Gasteiger partial charge in [0.25, 0.3) is 0 Å². The van der Waals surface area contributed by atoms with Crippen molar-refractivity contribution in [1.29, 1.82) is 0 Å². The van der Waals surface area contributed by atoms with Crippen LogP contribution in [-0.2, 0) is 5.41 Å². The van der Waals surface area contributed by atoms with Crippen LogP contribution in [0.25, 0.3) is 11.1 Å². The second-order valence-corrected chi connectivity index (χ2v) is 13.2. The van der Waals surface area contributed by atoms with Gasteiger partial charge in [-0.05, 0) is 94.2 Å². The number of ether oxygens (including phenoxy) is 2. The zero-order chi connectivity index (χ0) is 30.6. The van der Waals surface area contributed by atoms with Gasteiger partial charge in [0.1, 0.15) is 24.7 Å². The van der Waals surface area contributed by atoms with Crippen LogP contribution in [0.4, 0.5) is 0 Å². The molecule has 0 aliphatic heterocycles. The van der Waals surface area contributed by atoms with E-state index in [4.69, 9.17) is 9.47 Å². The Kier molecular flexibility index (Phi) is 8.96. The molecule has 2 fully saturated rings. The third kappa shape index (κ3) is 5.47. The van der Waals surface area contributed by atoms with Crippen molar-refractivity contribution >= 4 is 0 Å². The van der Waals surface area contributed by atoms with Crippen molar-refractivity contribution in [2.24, 2.45) is 0 Å².